The molecule has 4 nitrogen and oxygen atoms in total. The Kier molecular flexibility index (Phi) is 5.54. The van der Waals surface area contributed by atoms with Crippen LogP contribution in [0.4, 0.5) is 30.2 Å². The van der Waals surface area contributed by atoms with Crippen LogP contribution >= 0.6 is 0 Å². The number of alkyl halides is 3. The van der Waals surface area contributed by atoms with Crippen LogP contribution in [0, 0.1) is 0 Å². The highest BCUT2D eigenvalue weighted by molar-refractivity contribution is 5.89. The number of nitrogens with one attached hydrogen (secondary N) is 2. The van der Waals surface area contributed by atoms with E-state index in [1.54, 1.807) is 18.2 Å². The Morgan fingerprint density at radius 1 is 0.821 bits per heavy atom. The number of anilines is 3. The lowest BCUT2D eigenvalue weighted by Crippen LogP contribution is -2.17. The average molecular weight is 386 g/mol. The van der Waals surface area contributed by atoms with Gasteiger partial charge in [-0.1, -0.05) is 30.3 Å². The zero-order valence-corrected chi connectivity index (χ0v) is 14.9. The Morgan fingerprint density at radius 2 is 1.36 bits per heavy atom. The van der Waals surface area contributed by atoms with Crippen molar-refractivity contribution >= 4 is 23.0 Å². The molecule has 0 aliphatic carbocycles. The van der Waals surface area contributed by atoms with Gasteiger partial charge in [-0.05, 0) is 47.5 Å². The normalized spacial score (nSPS) is 11.0. The lowest BCUT2D eigenvalue weighted by molar-refractivity contribution is -0.274. The number of hydrogen-bond acceptors (Lipinski definition) is 3. The molecule has 144 valence electrons. The Labute approximate surface area is 160 Å². The number of ether oxygens (including phenoxy) is 1. The van der Waals surface area contributed by atoms with E-state index in [-0.39, 0.29) is 11.7 Å². The fourth-order valence-corrected chi connectivity index (χ4v) is 2.69. The van der Waals surface area contributed by atoms with Crippen LogP contribution in [0.2, 0.25) is 0 Å². The van der Waals surface area contributed by atoms with Crippen molar-refractivity contribution in [2.75, 3.05) is 10.6 Å². The van der Waals surface area contributed by atoms with E-state index in [1.165, 1.54) is 25.1 Å². The number of amides is 1. The molecular formula is C21H17F3N2O2. The summed E-state index contributed by atoms with van der Waals surface area (Å²) < 4.78 is 41.1. The molecule has 3 aromatic rings. The van der Waals surface area contributed by atoms with Crippen molar-refractivity contribution in [2.24, 2.45) is 0 Å². The van der Waals surface area contributed by atoms with Crippen LogP contribution in [0.1, 0.15) is 6.92 Å². The van der Waals surface area contributed by atoms with E-state index in [1.807, 2.05) is 36.4 Å². The minimum atomic E-state index is -4.74. The number of hydrogen-bond donors (Lipinski definition) is 2. The Bertz CT molecular complexity index is 987. The van der Waals surface area contributed by atoms with Crippen molar-refractivity contribution in [2.45, 2.75) is 13.3 Å². The Morgan fingerprint density at radius 3 is 1.96 bits per heavy atom. The van der Waals surface area contributed by atoms with Crippen LogP contribution in [0.15, 0.2) is 72.8 Å². The summed E-state index contributed by atoms with van der Waals surface area (Å²) in [4.78, 5) is 11.2. The summed E-state index contributed by atoms with van der Waals surface area (Å²) in [5.74, 6) is -0.454. The summed E-state index contributed by atoms with van der Waals surface area (Å²) >= 11 is 0. The molecular weight excluding hydrogens is 369 g/mol. The van der Waals surface area contributed by atoms with Crippen molar-refractivity contribution in [1.29, 1.82) is 0 Å². The second-order valence-corrected chi connectivity index (χ2v) is 6.04. The molecule has 0 bridgehead atoms. The van der Waals surface area contributed by atoms with E-state index in [9.17, 15) is 18.0 Å². The van der Waals surface area contributed by atoms with Gasteiger partial charge in [-0.25, -0.2) is 0 Å². The van der Waals surface area contributed by atoms with Crippen LogP contribution < -0.4 is 15.4 Å². The molecule has 0 aromatic heterocycles. The van der Waals surface area contributed by atoms with Crippen molar-refractivity contribution < 1.29 is 22.7 Å². The number of benzene rings is 3. The molecule has 0 aliphatic heterocycles. The summed E-state index contributed by atoms with van der Waals surface area (Å²) in [6, 6.07) is 20.4. The SMILES string of the molecule is CC(=O)Nc1cccc(-c2cccc(Nc3cccc(OC(F)(F)F)c3)c2)c1. The first-order valence-corrected chi connectivity index (χ1v) is 8.39. The highest BCUT2D eigenvalue weighted by atomic mass is 19.4. The van der Waals surface area contributed by atoms with E-state index in [0.717, 1.165) is 11.1 Å². The molecule has 0 aliphatic rings. The van der Waals surface area contributed by atoms with Gasteiger partial charge in [0.15, 0.2) is 0 Å². The van der Waals surface area contributed by atoms with Gasteiger partial charge in [0.05, 0.1) is 0 Å². The third-order valence-corrected chi connectivity index (χ3v) is 3.74. The first kappa shape index (κ1) is 19.3. The smallest absolute Gasteiger partial charge is 0.406 e. The van der Waals surface area contributed by atoms with Crippen molar-refractivity contribution in [3.8, 4) is 16.9 Å². The average Bonchev–Trinajstić information content (AvgIpc) is 2.60. The summed E-state index contributed by atoms with van der Waals surface area (Å²) in [5.41, 5.74) is 3.63. The van der Waals surface area contributed by atoms with Crippen LogP contribution in [-0.2, 0) is 4.79 Å². The molecule has 1 amide bonds. The van der Waals surface area contributed by atoms with Crippen molar-refractivity contribution in [3.05, 3.63) is 72.8 Å². The highest BCUT2D eigenvalue weighted by Gasteiger charge is 2.31. The zero-order chi connectivity index (χ0) is 20.1. The molecule has 0 saturated carbocycles. The van der Waals surface area contributed by atoms with Crippen LogP contribution in [0.3, 0.4) is 0 Å². The van der Waals surface area contributed by atoms with Gasteiger partial charge in [-0.15, -0.1) is 13.2 Å². The highest BCUT2D eigenvalue weighted by Crippen LogP contribution is 2.29. The topological polar surface area (TPSA) is 50.4 Å². The van der Waals surface area contributed by atoms with Crippen LogP contribution in [-0.4, -0.2) is 12.3 Å². The maximum Gasteiger partial charge on any atom is 0.573 e. The minimum Gasteiger partial charge on any atom is -0.406 e. The van der Waals surface area contributed by atoms with Crippen LogP contribution in [0.25, 0.3) is 11.1 Å². The fraction of sp³-hybridized carbons (Fsp3) is 0.0952. The molecule has 7 heteroatoms. The van der Waals surface area contributed by atoms with Gasteiger partial charge >= 0.3 is 6.36 Å². The number of carbonyl (C=O) groups excluding carboxylic acids is 1. The molecule has 0 heterocycles. The van der Waals surface area contributed by atoms with Gasteiger partial charge in [0.2, 0.25) is 5.91 Å². The quantitative estimate of drug-likeness (QED) is 0.569. The molecule has 0 fully saturated rings. The molecule has 3 aromatic carbocycles. The standard InChI is InChI=1S/C21H17F3N2O2/c1-14(27)25-17-7-2-5-15(11-17)16-6-3-8-18(12-16)26-19-9-4-10-20(13-19)28-21(22,23)24/h2-13,26H,1H3,(H,25,27). The summed E-state index contributed by atoms with van der Waals surface area (Å²) in [7, 11) is 0. The van der Waals surface area contributed by atoms with E-state index in [4.69, 9.17) is 0 Å². The second kappa shape index (κ2) is 8.04. The fourth-order valence-electron chi connectivity index (χ4n) is 2.69. The van der Waals surface area contributed by atoms with Crippen molar-refractivity contribution in [1.82, 2.24) is 0 Å². The lowest BCUT2D eigenvalue weighted by atomic mass is 10.0. The lowest BCUT2D eigenvalue weighted by Gasteiger charge is -2.12. The Hall–Kier alpha value is -3.48. The van der Waals surface area contributed by atoms with Crippen LogP contribution in [0.5, 0.6) is 5.75 Å². The summed E-state index contributed by atoms with van der Waals surface area (Å²) in [6.07, 6.45) is -4.74. The molecule has 0 unspecified atom stereocenters. The number of carbonyl (C=O) groups is 1. The van der Waals surface area contributed by atoms with Gasteiger partial charge in [0.25, 0.3) is 0 Å². The zero-order valence-electron chi connectivity index (χ0n) is 14.9. The van der Waals surface area contributed by atoms with E-state index in [0.29, 0.717) is 17.1 Å². The molecule has 28 heavy (non-hydrogen) atoms. The number of halogens is 3. The molecule has 2 N–H and O–H groups in total. The first-order valence-electron chi connectivity index (χ1n) is 8.39. The molecule has 0 atom stereocenters. The largest absolute Gasteiger partial charge is 0.573 e. The predicted octanol–water partition coefficient (Wildman–Crippen LogP) is 5.95. The van der Waals surface area contributed by atoms with Gasteiger partial charge < -0.3 is 15.4 Å². The monoisotopic (exact) mass is 386 g/mol. The number of rotatable bonds is 5. The maximum absolute atomic E-state index is 12.4. The summed E-state index contributed by atoms with van der Waals surface area (Å²) in [6.45, 7) is 1.44. The van der Waals surface area contributed by atoms with Gasteiger partial charge in [-0.2, -0.15) is 0 Å². The third-order valence-electron chi connectivity index (χ3n) is 3.74. The summed E-state index contributed by atoms with van der Waals surface area (Å²) in [5, 5.41) is 5.80. The molecule has 0 saturated heterocycles. The van der Waals surface area contributed by atoms with E-state index in [2.05, 4.69) is 15.4 Å². The van der Waals surface area contributed by atoms with E-state index < -0.39 is 6.36 Å². The van der Waals surface area contributed by atoms with Gasteiger partial charge in [-0.3, -0.25) is 4.79 Å². The van der Waals surface area contributed by atoms with Gasteiger partial charge in [0, 0.05) is 30.1 Å². The van der Waals surface area contributed by atoms with Gasteiger partial charge in [0.1, 0.15) is 5.75 Å². The first-order chi connectivity index (χ1) is 13.3. The second-order valence-electron chi connectivity index (χ2n) is 6.04. The van der Waals surface area contributed by atoms with Crippen molar-refractivity contribution in [3.63, 3.8) is 0 Å². The minimum absolute atomic E-state index is 0.159. The maximum atomic E-state index is 12.4. The molecule has 0 spiro atoms. The predicted molar refractivity (Wildman–Crippen MR) is 103 cm³/mol. The third kappa shape index (κ3) is 5.51. The van der Waals surface area contributed by atoms with E-state index >= 15 is 0 Å². The molecule has 0 radical (unpaired) electrons. The molecule has 3 rings (SSSR count). The Balaban J connectivity index is 1.81.